The summed E-state index contributed by atoms with van der Waals surface area (Å²) in [7, 11) is 0. The number of carboxylic acid groups (broad SMARTS) is 1. The predicted octanol–water partition coefficient (Wildman–Crippen LogP) is 5.29. The van der Waals surface area contributed by atoms with Crippen molar-refractivity contribution in [1.29, 1.82) is 0 Å². The molecule has 0 aromatic carbocycles. The Bertz CT molecular complexity index is 490. The summed E-state index contributed by atoms with van der Waals surface area (Å²) in [6, 6.07) is 0. The molecule has 0 saturated carbocycles. The van der Waals surface area contributed by atoms with Gasteiger partial charge in [0.05, 0.1) is 12.7 Å². The SMILES string of the molecule is CC(C)CCCCCC(=O)OC(C)COC(C)COC(=O)CCCCCCCC(=O)O. The highest BCUT2D eigenvalue weighted by atomic mass is 16.6. The molecule has 0 radical (unpaired) electrons. The Balaban J connectivity index is 3.65. The van der Waals surface area contributed by atoms with E-state index in [0.29, 0.717) is 25.2 Å². The lowest BCUT2D eigenvalue weighted by atomic mass is 10.0. The molecule has 0 aromatic rings. The van der Waals surface area contributed by atoms with Crippen molar-refractivity contribution in [3.63, 3.8) is 0 Å². The van der Waals surface area contributed by atoms with Gasteiger partial charge in [-0.25, -0.2) is 0 Å². The smallest absolute Gasteiger partial charge is 0.306 e. The number of hydrogen-bond donors (Lipinski definition) is 1. The molecule has 0 spiro atoms. The maximum Gasteiger partial charge on any atom is 0.306 e. The van der Waals surface area contributed by atoms with Gasteiger partial charge in [-0.1, -0.05) is 52.4 Å². The van der Waals surface area contributed by atoms with Gasteiger partial charge in [-0.2, -0.15) is 0 Å². The number of carbonyl (C=O) groups is 3. The number of ether oxygens (including phenoxy) is 3. The topological polar surface area (TPSA) is 99.1 Å². The van der Waals surface area contributed by atoms with Crippen LogP contribution in [0.25, 0.3) is 0 Å². The van der Waals surface area contributed by atoms with Crippen molar-refractivity contribution in [2.75, 3.05) is 13.2 Å². The van der Waals surface area contributed by atoms with Crippen LogP contribution >= 0.6 is 0 Å². The van der Waals surface area contributed by atoms with E-state index in [1.165, 1.54) is 6.42 Å². The lowest BCUT2D eigenvalue weighted by Crippen LogP contribution is -2.26. The van der Waals surface area contributed by atoms with E-state index in [-0.39, 0.29) is 43.8 Å². The summed E-state index contributed by atoms with van der Waals surface area (Å²) in [6.07, 6.45) is 8.75. The van der Waals surface area contributed by atoms with Crippen LogP contribution in [-0.4, -0.2) is 48.4 Å². The van der Waals surface area contributed by atoms with Crippen LogP contribution in [0.1, 0.15) is 105 Å². The second-order valence-electron chi connectivity index (χ2n) is 8.78. The minimum absolute atomic E-state index is 0.175. The van der Waals surface area contributed by atoms with E-state index < -0.39 is 5.97 Å². The van der Waals surface area contributed by atoms with Gasteiger partial charge in [-0.05, 0) is 39.0 Å². The zero-order chi connectivity index (χ0) is 23.5. The van der Waals surface area contributed by atoms with Crippen LogP contribution in [0.4, 0.5) is 0 Å². The summed E-state index contributed by atoms with van der Waals surface area (Å²) < 4.78 is 16.2. The van der Waals surface area contributed by atoms with Crippen LogP contribution in [0.15, 0.2) is 0 Å². The second kappa shape index (κ2) is 19.1. The van der Waals surface area contributed by atoms with Crippen molar-refractivity contribution < 1.29 is 33.7 Å². The Morgan fingerprint density at radius 2 is 1.23 bits per heavy atom. The summed E-state index contributed by atoms with van der Waals surface area (Å²) in [6.45, 7) is 8.47. The quantitative estimate of drug-likeness (QED) is 0.201. The van der Waals surface area contributed by atoms with Crippen LogP contribution in [-0.2, 0) is 28.6 Å². The van der Waals surface area contributed by atoms with E-state index in [9.17, 15) is 14.4 Å². The molecular weight excluding hydrogens is 400 g/mol. The van der Waals surface area contributed by atoms with Crippen molar-refractivity contribution in [3.8, 4) is 0 Å². The summed E-state index contributed by atoms with van der Waals surface area (Å²) in [5, 5.41) is 8.57. The lowest BCUT2D eigenvalue weighted by molar-refractivity contribution is -0.154. The van der Waals surface area contributed by atoms with Gasteiger partial charge in [0, 0.05) is 19.3 Å². The number of hydrogen-bond acceptors (Lipinski definition) is 6. The minimum atomic E-state index is -0.764. The standard InChI is InChI=1S/C24H44O7/c1-19(2)13-9-8-12-16-24(28)31-21(4)18-29-20(3)17-30-23(27)15-11-7-5-6-10-14-22(25)26/h19-21H,5-18H2,1-4H3,(H,25,26). The Hall–Kier alpha value is -1.63. The number of esters is 2. The fraction of sp³-hybridized carbons (Fsp3) is 0.875. The summed E-state index contributed by atoms with van der Waals surface area (Å²) >= 11 is 0. The largest absolute Gasteiger partial charge is 0.481 e. The average Bonchev–Trinajstić information content (AvgIpc) is 2.69. The fourth-order valence-corrected chi connectivity index (χ4v) is 3.02. The Morgan fingerprint density at radius 3 is 1.84 bits per heavy atom. The predicted molar refractivity (Wildman–Crippen MR) is 120 cm³/mol. The molecule has 0 amide bonds. The molecule has 0 heterocycles. The van der Waals surface area contributed by atoms with Gasteiger partial charge in [0.2, 0.25) is 0 Å². The molecule has 0 rings (SSSR count). The molecule has 0 aliphatic rings. The summed E-state index contributed by atoms with van der Waals surface area (Å²) in [5.74, 6) is -0.507. The minimum Gasteiger partial charge on any atom is -0.481 e. The Morgan fingerprint density at radius 1 is 0.677 bits per heavy atom. The molecule has 0 fully saturated rings. The molecular formula is C24H44O7. The van der Waals surface area contributed by atoms with Gasteiger partial charge >= 0.3 is 17.9 Å². The van der Waals surface area contributed by atoms with Crippen molar-refractivity contribution in [3.05, 3.63) is 0 Å². The van der Waals surface area contributed by atoms with E-state index in [2.05, 4.69) is 13.8 Å². The highest BCUT2D eigenvalue weighted by molar-refractivity contribution is 5.69. The molecule has 31 heavy (non-hydrogen) atoms. The van der Waals surface area contributed by atoms with E-state index in [1.54, 1.807) is 6.92 Å². The van der Waals surface area contributed by atoms with Crippen molar-refractivity contribution in [2.45, 2.75) is 117 Å². The van der Waals surface area contributed by atoms with Crippen LogP contribution in [0.3, 0.4) is 0 Å². The number of carboxylic acids is 1. The first-order chi connectivity index (χ1) is 14.7. The van der Waals surface area contributed by atoms with Crippen LogP contribution in [0.5, 0.6) is 0 Å². The monoisotopic (exact) mass is 444 g/mol. The molecule has 182 valence electrons. The average molecular weight is 445 g/mol. The van der Waals surface area contributed by atoms with Gasteiger partial charge in [0.15, 0.2) is 0 Å². The zero-order valence-corrected chi connectivity index (χ0v) is 20.0. The molecule has 0 aromatic heterocycles. The molecule has 2 atom stereocenters. The third kappa shape index (κ3) is 21.4. The number of aliphatic carboxylic acids is 1. The first kappa shape index (κ1) is 29.4. The first-order valence-electron chi connectivity index (χ1n) is 11.9. The number of unbranched alkanes of at least 4 members (excludes halogenated alkanes) is 6. The maximum atomic E-state index is 11.9. The lowest BCUT2D eigenvalue weighted by Gasteiger charge is -2.18. The van der Waals surface area contributed by atoms with Gasteiger partial charge in [-0.15, -0.1) is 0 Å². The van der Waals surface area contributed by atoms with Crippen LogP contribution in [0, 0.1) is 5.92 Å². The third-order valence-corrected chi connectivity index (χ3v) is 4.86. The Kier molecular flexibility index (Phi) is 18.1. The highest BCUT2D eigenvalue weighted by Crippen LogP contribution is 2.11. The third-order valence-electron chi connectivity index (χ3n) is 4.86. The first-order valence-corrected chi connectivity index (χ1v) is 11.9. The van der Waals surface area contributed by atoms with E-state index in [0.717, 1.165) is 44.9 Å². The molecule has 2 unspecified atom stereocenters. The molecule has 0 aliphatic carbocycles. The number of rotatable bonds is 20. The van der Waals surface area contributed by atoms with Gasteiger partial charge in [-0.3, -0.25) is 14.4 Å². The van der Waals surface area contributed by atoms with Gasteiger partial charge in [0.1, 0.15) is 12.7 Å². The molecule has 0 bridgehead atoms. The summed E-state index contributed by atoms with van der Waals surface area (Å²) in [4.78, 5) is 34.0. The molecule has 7 nitrogen and oxygen atoms in total. The summed E-state index contributed by atoms with van der Waals surface area (Å²) in [5.41, 5.74) is 0. The van der Waals surface area contributed by atoms with Crippen molar-refractivity contribution in [2.24, 2.45) is 5.92 Å². The molecule has 0 saturated heterocycles. The molecule has 7 heteroatoms. The van der Waals surface area contributed by atoms with Gasteiger partial charge < -0.3 is 19.3 Å². The fourth-order valence-electron chi connectivity index (χ4n) is 3.02. The van der Waals surface area contributed by atoms with Crippen molar-refractivity contribution >= 4 is 17.9 Å². The van der Waals surface area contributed by atoms with Crippen LogP contribution in [0.2, 0.25) is 0 Å². The van der Waals surface area contributed by atoms with E-state index in [1.807, 2.05) is 6.92 Å². The van der Waals surface area contributed by atoms with E-state index in [4.69, 9.17) is 19.3 Å². The van der Waals surface area contributed by atoms with Crippen LogP contribution < -0.4 is 0 Å². The number of carbonyl (C=O) groups excluding carboxylic acids is 2. The maximum absolute atomic E-state index is 11.9. The zero-order valence-electron chi connectivity index (χ0n) is 20.0. The second-order valence-corrected chi connectivity index (χ2v) is 8.78. The molecule has 0 aliphatic heterocycles. The van der Waals surface area contributed by atoms with Gasteiger partial charge in [0.25, 0.3) is 0 Å². The van der Waals surface area contributed by atoms with Crippen molar-refractivity contribution in [1.82, 2.24) is 0 Å². The Labute approximate surface area is 188 Å². The normalized spacial score (nSPS) is 13.1. The van der Waals surface area contributed by atoms with E-state index >= 15 is 0 Å². The highest BCUT2D eigenvalue weighted by Gasteiger charge is 2.13. The molecule has 1 N–H and O–H groups in total.